The van der Waals surface area contributed by atoms with Crippen molar-refractivity contribution in [3.63, 3.8) is 0 Å². The van der Waals surface area contributed by atoms with Crippen LogP contribution in [0.1, 0.15) is 26.7 Å². The van der Waals surface area contributed by atoms with Crippen LogP contribution in [0.2, 0.25) is 0 Å². The zero-order valence-electron chi connectivity index (χ0n) is 10.1. The van der Waals surface area contributed by atoms with Crippen molar-refractivity contribution < 1.29 is 9.53 Å². The molecule has 4 heteroatoms. The second-order valence-corrected chi connectivity index (χ2v) is 3.77. The zero-order valence-corrected chi connectivity index (χ0v) is 10.1. The molecule has 0 spiro atoms. The molecule has 1 heterocycles. The van der Waals surface area contributed by atoms with E-state index < -0.39 is 0 Å². The molecule has 1 rings (SSSR count). The molecule has 16 heavy (non-hydrogen) atoms. The number of nitrogens with zero attached hydrogens (tertiary/aromatic N) is 1. The molecule has 0 radical (unpaired) electrons. The predicted molar refractivity (Wildman–Crippen MR) is 63.1 cm³/mol. The van der Waals surface area contributed by atoms with Crippen molar-refractivity contribution in [2.75, 3.05) is 26.2 Å². The SMILES string of the molecule is CC#CCNC1CCN(C(=O)OCC)CC1. The van der Waals surface area contributed by atoms with Crippen molar-refractivity contribution in [3.8, 4) is 11.8 Å². The highest BCUT2D eigenvalue weighted by molar-refractivity contribution is 5.67. The lowest BCUT2D eigenvalue weighted by Crippen LogP contribution is -2.45. The summed E-state index contributed by atoms with van der Waals surface area (Å²) in [6.45, 7) is 6.40. The molecule has 1 fully saturated rings. The Morgan fingerprint density at radius 2 is 2.19 bits per heavy atom. The van der Waals surface area contributed by atoms with Crippen LogP contribution in [0.4, 0.5) is 4.79 Å². The average molecular weight is 224 g/mol. The minimum absolute atomic E-state index is 0.186. The lowest BCUT2D eigenvalue weighted by atomic mass is 10.1. The van der Waals surface area contributed by atoms with Gasteiger partial charge in [0.15, 0.2) is 0 Å². The van der Waals surface area contributed by atoms with Gasteiger partial charge < -0.3 is 15.0 Å². The smallest absolute Gasteiger partial charge is 0.409 e. The Kier molecular flexibility index (Phi) is 5.73. The Balaban J connectivity index is 2.22. The first-order valence-corrected chi connectivity index (χ1v) is 5.82. The second kappa shape index (κ2) is 7.13. The third-order valence-electron chi connectivity index (χ3n) is 2.68. The number of ether oxygens (including phenoxy) is 1. The van der Waals surface area contributed by atoms with Crippen molar-refractivity contribution in [1.29, 1.82) is 0 Å². The maximum Gasteiger partial charge on any atom is 0.409 e. The average Bonchev–Trinajstić information content (AvgIpc) is 2.30. The van der Waals surface area contributed by atoms with E-state index >= 15 is 0 Å². The van der Waals surface area contributed by atoms with Crippen LogP contribution in [-0.2, 0) is 4.74 Å². The van der Waals surface area contributed by atoms with E-state index in [-0.39, 0.29) is 6.09 Å². The van der Waals surface area contributed by atoms with E-state index in [1.807, 2.05) is 13.8 Å². The lowest BCUT2D eigenvalue weighted by Gasteiger charge is -2.31. The molecule has 0 unspecified atom stereocenters. The molecule has 1 aliphatic rings. The minimum Gasteiger partial charge on any atom is -0.450 e. The molecular weight excluding hydrogens is 204 g/mol. The number of piperidine rings is 1. The van der Waals surface area contributed by atoms with Gasteiger partial charge in [-0.3, -0.25) is 0 Å². The first-order chi connectivity index (χ1) is 7.77. The van der Waals surface area contributed by atoms with Crippen LogP contribution in [0.15, 0.2) is 0 Å². The minimum atomic E-state index is -0.186. The molecule has 1 aliphatic heterocycles. The summed E-state index contributed by atoms with van der Waals surface area (Å²) in [4.78, 5) is 13.2. The largest absolute Gasteiger partial charge is 0.450 e. The van der Waals surface area contributed by atoms with Crippen molar-refractivity contribution in [2.24, 2.45) is 0 Å². The fourth-order valence-corrected chi connectivity index (χ4v) is 1.76. The number of hydrogen-bond acceptors (Lipinski definition) is 3. The molecule has 4 nitrogen and oxygen atoms in total. The highest BCUT2D eigenvalue weighted by Gasteiger charge is 2.22. The van der Waals surface area contributed by atoms with Crippen molar-refractivity contribution in [3.05, 3.63) is 0 Å². The third-order valence-corrected chi connectivity index (χ3v) is 2.68. The second-order valence-electron chi connectivity index (χ2n) is 3.77. The molecule has 0 aromatic rings. The number of rotatable bonds is 3. The summed E-state index contributed by atoms with van der Waals surface area (Å²) < 4.78 is 4.96. The first kappa shape index (κ1) is 12.9. The molecule has 0 atom stereocenters. The summed E-state index contributed by atoms with van der Waals surface area (Å²) in [5, 5.41) is 3.36. The van der Waals surface area contributed by atoms with Gasteiger partial charge in [0.25, 0.3) is 0 Å². The van der Waals surface area contributed by atoms with Gasteiger partial charge in [-0.1, -0.05) is 5.92 Å². The van der Waals surface area contributed by atoms with Gasteiger partial charge >= 0.3 is 6.09 Å². The van der Waals surface area contributed by atoms with Crippen LogP contribution >= 0.6 is 0 Å². The topological polar surface area (TPSA) is 41.6 Å². The van der Waals surface area contributed by atoms with Gasteiger partial charge in [0, 0.05) is 19.1 Å². The molecular formula is C12H20N2O2. The van der Waals surface area contributed by atoms with Gasteiger partial charge in [0.05, 0.1) is 13.2 Å². The number of nitrogens with one attached hydrogen (secondary N) is 1. The Morgan fingerprint density at radius 3 is 2.75 bits per heavy atom. The van der Waals surface area contributed by atoms with Gasteiger partial charge in [0.1, 0.15) is 0 Å². The van der Waals surface area contributed by atoms with Crippen LogP contribution in [0.3, 0.4) is 0 Å². The highest BCUT2D eigenvalue weighted by Crippen LogP contribution is 2.11. The standard InChI is InChI=1S/C12H20N2O2/c1-3-5-8-13-11-6-9-14(10-7-11)12(15)16-4-2/h11,13H,4,6-10H2,1-2H3. The van der Waals surface area contributed by atoms with E-state index in [1.54, 1.807) is 4.90 Å². The fourth-order valence-electron chi connectivity index (χ4n) is 1.76. The van der Waals surface area contributed by atoms with Gasteiger partial charge in [-0.2, -0.15) is 0 Å². The summed E-state index contributed by atoms with van der Waals surface area (Å²) in [6, 6.07) is 0.478. The van der Waals surface area contributed by atoms with Crippen LogP contribution in [0.25, 0.3) is 0 Å². The molecule has 0 aliphatic carbocycles. The van der Waals surface area contributed by atoms with Gasteiger partial charge in [-0.25, -0.2) is 4.79 Å². The summed E-state index contributed by atoms with van der Waals surface area (Å²) in [5.74, 6) is 5.84. The Hall–Kier alpha value is -1.21. The Bertz CT molecular complexity index is 272. The Labute approximate surface area is 97.3 Å². The monoisotopic (exact) mass is 224 g/mol. The summed E-state index contributed by atoms with van der Waals surface area (Å²) in [7, 11) is 0. The molecule has 0 bridgehead atoms. The maximum absolute atomic E-state index is 11.4. The predicted octanol–water partition coefficient (Wildman–Crippen LogP) is 1.22. The quantitative estimate of drug-likeness (QED) is 0.733. The van der Waals surface area contributed by atoms with E-state index in [9.17, 15) is 4.79 Å². The van der Waals surface area contributed by atoms with E-state index in [4.69, 9.17) is 4.74 Å². The summed E-state index contributed by atoms with van der Waals surface area (Å²) in [6.07, 6.45) is 1.77. The molecule has 1 N–H and O–H groups in total. The number of hydrogen-bond donors (Lipinski definition) is 1. The van der Waals surface area contributed by atoms with Crippen molar-refractivity contribution in [1.82, 2.24) is 10.2 Å². The lowest BCUT2D eigenvalue weighted by molar-refractivity contribution is 0.0954. The fraction of sp³-hybridized carbons (Fsp3) is 0.750. The molecule has 1 saturated heterocycles. The van der Waals surface area contributed by atoms with Gasteiger partial charge in [0.2, 0.25) is 0 Å². The normalized spacial score (nSPS) is 16.5. The van der Waals surface area contributed by atoms with Crippen LogP contribution in [-0.4, -0.2) is 43.3 Å². The van der Waals surface area contributed by atoms with Crippen LogP contribution in [0, 0.1) is 11.8 Å². The number of carbonyl (C=O) groups excluding carboxylic acids is 1. The van der Waals surface area contributed by atoms with Crippen molar-refractivity contribution in [2.45, 2.75) is 32.7 Å². The molecule has 90 valence electrons. The Morgan fingerprint density at radius 1 is 1.50 bits per heavy atom. The summed E-state index contributed by atoms with van der Waals surface area (Å²) >= 11 is 0. The molecule has 1 amide bonds. The van der Waals surface area contributed by atoms with Gasteiger partial charge in [-0.15, -0.1) is 5.92 Å². The molecule has 0 saturated carbocycles. The third kappa shape index (κ3) is 4.11. The van der Waals surface area contributed by atoms with E-state index in [0.29, 0.717) is 12.6 Å². The van der Waals surface area contributed by atoms with Gasteiger partial charge in [-0.05, 0) is 26.7 Å². The van der Waals surface area contributed by atoms with E-state index in [1.165, 1.54) is 0 Å². The first-order valence-electron chi connectivity index (χ1n) is 5.82. The van der Waals surface area contributed by atoms with Crippen LogP contribution < -0.4 is 5.32 Å². The highest BCUT2D eigenvalue weighted by atomic mass is 16.6. The number of likely N-dealkylation sites (tertiary alicyclic amines) is 1. The van der Waals surface area contributed by atoms with E-state index in [0.717, 1.165) is 32.5 Å². The zero-order chi connectivity index (χ0) is 11.8. The number of carbonyl (C=O) groups is 1. The maximum atomic E-state index is 11.4. The van der Waals surface area contributed by atoms with Crippen molar-refractivity contribution >= 4 is 6.09 Å². The summed E-state index contributed by atoms with van der Waals surface area (Å²) in [5.41, 5.74) is 0. The molecule has 0 aromatic carbocycles. The van der Waals surface area contributed by atoms with E-state index in [2.05, 4.69) is 17.2 Å². The molecule has 0 aromatic heterocycles. The number of amides is 1. The van der Waals surface area contributed by atoms with Crippen LogP contribution in [0.5, 0.6) is 0 Å².